The summed E-state index contributed by atoms with van der Waals surface area (Å²) in [5, 5.41) is 9.38. The van der Waals surface area contributed by atoms with Crippen LogP contribution in [0.3, 0.4) is 0 Å². The lowest BCUT2D eigenvalue weighted by molar-refractivity contribution is 0.400. The highest BCUT2D eigenvalue weighted by Crippen LogP contribution is 2.33. The van der Waals surface area contributed by atoms with E-state index in [0.29, 0.717) is 5.75 Å². The Morgan fingerprint density at radius 3 is 2.58 bits per heavy atom. The number of benzene rings is 1. The van der Waals surface area contributed by atoms with Crippen LogP contribution in [0.4, 0.5) is 0 Å². The van der Waals surface area contributed by atoms with Gasteiger partial charge in [0.1, 0.15) is 11.5 Å². The Labute approximate surface area is 76.6 Å². The van der Waals surface area contributed by atoms with Crippen LogP contribution in [0.2, 0.25) is 0 Å². The van der Waals surface area contributed by atoms with Crippen LogP contribution in [0, 0.1) is 6.92 Å². The summed E-state index contributed by atoms with van der Waals surface area (Å²) in [6.07, 6.45) is 1.95. The highest BCUT2D eigenvalue weighted by Gasteiger charge is 2.05. The van der Waals surface area contributed by atoms with Gasteiger partial charge in [0.15, 0.2) is 0 Å². The van der Waals surface area contributed by atoms with Crippen LogP contribution in [0.5, 0.6) is 11.5 Å². The number of aryl methyl sites for hydroxylation is 1. The SMILES string of the molecule is COc1cc(C)c(O)cc1SC. The summed E-state index contributed by atoms with van der Waals surface area (Å²) < 4.78 is 5.14. The summed E-state index contributed by atoms with van der Waals surface area (Å²) in [6, 6.07) is 3.56. The van der Waals surface area contributed by atoms with Gasteiger partial charge in [-0.1, -0.05) is 0 Å². The molecular weight excluding hydrogens is 172 g/mol. The predicted molar refractivity (Wildman–Crippen MR) is 51.2 cm³/mol. The number of hydrogen-bond donors (Lipinski definition) is 1. The van der Waals surface area contributed by atoms with Crippen LogP contribution in [0.1, 0.15) is 5.56 Å². The van der Waals surface area contributed by atoms with Gasteiger partial charge in [0.25, 0.3) is 0 Å². The zero-order valence-corrected chi connectivity index (χ0v) is 8.23. The average molecular weight is 184 g/mol. The first-order valence-electron chi connectivity index (χ1n) is 3.60. The van der Waals surface area contributed by atoms with Crippen molar-refractivity contribution in [1.29, 1.82) is 0 Å². The fourth-order valence-corrected chi connectivity index (χ4v) is 1.54. The molecule has 0 aliphatic rings. The summed E-state index contributed by atoms with van der Waals surface area (Å²) in [4.78, 5) is 0.959. The standard InChI is InChI=1S/C9H12O2S/c1-6-4-8(11-2)9(12-3)5-7(6)10/h4-5,10H,1-3H3. The summed E-state index contributed by atoms with van der Waals surface area (Å²) in [6.45, 7) is 1.85. The van der Waals surface area contributed by atoms with Crippen molar-refractivity contribution in [3.05, 3.63) is 17.7 Å². The molecule has 1 rings (SSSR count). The quantitative estimate of drug-likeness (QED) is 0.716. The molecule has 0 saturated carbocycles. The van der Waals surface area contributed by atoms with E-state index in [9.17, 15) is 5.11 Å². The zero-order valence-electron chi connectivity index (χ0n) is 7.42. The van der Waals surface area contributed by atoms with Gasteiger partial charge in [0, 0.05) is 0 Å². The van der Waals surface area contributed by atoms with Crippen molar-refractivity contribution in [3.8, 4) is 11.5 Å². The second-order valence-electron chi connectivity index (χ2n) is 2.49. The lowest BCUT2D eigenvalue weighted by Gasteiger charge is -2.08. The minimum Gasteiger partial charge on any atom is -0.508 e. The van der Waals surface area contributed by atoms with Crippen molar-refractivity contribution in [2.75, 3.05) is 13.4 Å². The Morgan fingerprint density at radius 1 is 1.42 bits per heavy atom. The minimum absolute atomic E-state index is 0.320. The van der Waals surface area contributed by atoms with Gasteiger partial charge < -0.3 is 9.84 Å². The summed E-state index contributed by atoms with van der Waals surface area (Å²) in [7, 11) is 1.63. The molecule has 66 valence electrons. The maximum absolute atomic E-state index is 9.38. The molecule has 0 aromatic heterocycles. The van der Waals surface area contributed by atoms with Crippen molar-refractivity contribution in [1.82, 2.24) is 0 Å². The average Bonchev–Trinajstić information content (AvgIpc) is 2.09. The largest absolute Gasteiger partial charge is 0.508 e. The third-order valence-corrected chi connectivity index (χ3v) is 2.46. The lowest BCUT2D eigenvalue weighted by Crippen LogP contribution is -1.87. The third-order valence-electron chi connectivity index (χ3n) is 1.70. The van der Waals surface area contributed by atoms with Gasteiger partial charge in [-0.15, -0.1) is 11.8 Å². The van der Waals surface area contributed by atoms with Crippen LogP contribution in [-0.2, 0) is 0 Å². The molecule has 2 nitrogen and oxygen atoms in total. The van der Waals surface area contributed by atoms with Crippen molar-refractivity contribution in [2.24, 2.45) is 0 Å². The third kappa shape index (κ3) is 1.67. The Kier molecular flexibility index (Phi) is 2.87. The molecule has 12 heavy (non-hydrogen) atoms. The Morgan fingerprint density at radius 2 is 2.08 bits per heavy atom. The molecule has 0 spiro atoms. The second kappa shape index (κ2) is 3.72. The molecule has 0 aliphatic heterocycles. The molecule has 1 N–H and O–H groups in total. The molecule has 0 unspecified atom stereocenters. The molecule has 0 heterocycles. The first kappa shape index (κ1) is 9.26. The lowest BCUT2D eigenvalue weighted by atomic mass is 10.2. The number of rotatable bonds is 2. The number of aromatic hydroxyl groups is 1. The van der Waals surface area contributed by atoms with Gasteiger partial charge in [-0.25, -0.2) is 0 Å². The first-order valence-corrected chi connectivity index (χ1v) is 4.83. The first-order chi connectivity index (χ1) is 5.69. The van der Waals surface area contributed by atoms with Gasteiger partial charge in [0.2, 0.25) is 0 Å². The number of ether oxygens (including phenoxy) is 1. The van der Waals surface area contributed by atoms with E-state index in [2.05, 4.69) is 0 Å². The highest BCUT2D eigenvalue weighted by molar-refractivity contribution is 7.98. The smallest absolute Gasteiger partial charge is 0.132 e. The van der Waals surface area contributed by atoms with Crippen LogP contribution < -0.4 is 4.74 Å². The molecule has 1 aromatic rings. The van der Waals surface area contributed by atoms with Crippen LogP contribution >= 0.6 is 11.8 Å². The van der Waals surface area contributed by atoms with Crippen molar-refractivity contribution in [2.45, 2.75) is 11.8 Å². The molecule has 1 aromatic carbocycles. The van der Waals surface area contributed by atoms with E-state index < -0.39 is 0 Å². The number of methoxy groups -OCH3 is 1. The van der Waals surface area contributed by atoms with Gasteiger partial charge in [-0.05, 0) is 30.9 Å². The van der Waals surface area contributed by atoms with E-state index >= 15 is 0 Å². The van der Waals surface area contributed by atoms with Gasteiger partial charge in [-0.2, -0.15) is 0 Å². The van der Waals surface area contributed by atoms with Crippen molar-refractivity contribution in [3.63, 3.8) is 0 Å². The maximum atomic E-state index is 9.38. The number of thioether (sulfide) groups is 1. The van der Waals surface area contributed by atoms with Crippen molar-refractivity contribution < 1.29 is 9.84 Å². The second-order valence-corrected chi connectivity index (χ2v) is 3.34. The van der Waals surface area contributed by atoms with E-state index in [1.807, 2.05) is 19.2 Å². The topological polar surface area (TPSA) is 29.5 Å². The number of phenols is 1. The maximum Gasteiger partial charge on any atom is 0.132 e. The normalized spacial score (nSPS) is 9.92. The van der Waals surface area contributed by atoms with E-state index in [1.54, 1.807) is 24.9 Å². The number of hydrogen-bond acceptors (Lipinski definition) is 3. The minimum atomic E-state index is 0.320. The summed E-state index contributed by atoms with van der Waals surface area (Å²) in [5.74, 6) is 1.14. The molecule has 0 saturated heterocycles. The molecule has 0 amide bonds. The molecule has 0 aliphatic carbocycles. The molecule has 0 atom stereocenters. The van der Waals surface area contributed by atoms with Gasteiger partial charge >= 0.3 is 0 Å². The van der Waals surface area contributed by atoms with Gasteiger partial charge in [0.05, 0.1) is 12.0 Å². The summed E-state index contributed by atoms with van der Waals surface area (Å²) >= 11 is 1.56. The predicted octanol–water partition coefficient (Wildman–Crippen LogP) is 2.43. The zero-order chi connectivity index (χ0) is 9.14. The van der Waals surface area contributed by atoms with E-state index in [1.165, 1.54) is 0 Å². The van der Waals surface area contributed by atoms with Crippen LogP contribution in [-0.4, -0.2) is 18.5 Å². The molecule has 0 bridgehead atoms. The molecular formula is C9H12O2S. The molecule has 0 fully saturated rings. The van der Waals surface area contributed by atoms with E-state index in [4.69, 9.17) is 4.74 Å². The molecule has 0 radical (unpaired) electrons. The molecule has 3 heteroatoms. The Hall–Kier alpha value is -0.830. The Bertz CT molecular complexity index is 255. The monoisotopic (exact) mass is 184 g/mol. The van der Waals surface area contributed by atoms with E-state index in [-0.39, 0.29) is 0 Å². The van der Waals surface area contributed by atoms with E-state index in [0.717, 1.165) is 16.2 Å². The summed E-state index contributed by atoms with van der Waals surface area (Å²) in [5.41, 5.74) is 0.838. The fourth-order valence-electron chi connectivity index (χ4n) is 0.970. The fraction of sp³-hybridized carbons (Fsp3) is 0.333. The number of phenolic OH excluding ortho intramolecular Hbond substituents is 1. The van der Waals surface area contributed by atoms with Gasteiger partial charge in [-0.3, -0.25) is 0 Å². The highest BCUT2D eigenvalue weighted by atomic mass is 32.2. The van der Waals surface area contributed by atoms with Crippen LogP contribution in [0.25, 0.3) is 0 Å². The van der Waals surface area contributed by atoms with Crippen LogP contribution in [0.15, 0.2) is 17.0 Å². The Balaban J connectivity index is 3.19. The van der Waals surface area contributed by atoms with Crippen molar-refractivity contribution >= 4 is 11.8 Å².